The predicted octanol–water partition coefficient (Wildman–Crippen LogP) is 4.81. The third-order valence-electron chi connectivity index (χ3n) is 7.24. The van der Waals surface area contributed by atoms with Crippen LogP contribution in [0.1, 0.15) is 36.8 Å². The van der Waals surface area contributed by atoms with Gasteiger partial charge >= 0.3 is 5.97 Å². The van der Waals surface area contributed by atoms with Gasteiger partial charge in [-0.3, -0.25) is 0 Å². The Kier molecular flexibility index (Phi) is 8.29. The first-order valence-electron chi connectivity index (χ1n) is 11.9. The molecule has 4 rings (SSSR count). The predicted molar refractivity (Wildman–Crippen MR) is 122 cm³/mol. The van der Waals surface area contributed by atoms with E-state index in [1.807, 2.05) is 12.1 Å². The van der Waals surface area contributed by atoms with Gasteiger partial charge in [0.1, 0.15) is 18.2 Å². The SMILES string of the molecule is COC(=O)COCCCCC1C(COCc2ccc(F)cc2)C2CC1(c1ccc(F)cc1)CO2. The van der Waals surface area contributed by atoms with E-state index in [2.05, 4.69) is 4.74 Å². The van der Waals surface area contributed by atoms with E-state index < -0.39 is 0 Å². The van der Waals surface area contributed by atoms with Crippen LogP contribution in [0, 0.1) is 23.5 Å². The van der Waals surface area contributed by atoms with Gasteiger partial charge < -0.3 is 18.9 Å². The second-order valence-corrected chi connectivity index (χ2v) is 9.25. The molecule has 0 radical (unpaired) electrons. The molecule has 0 spiro atoms. The fourth-order valence-electron chi connectivity index (χ4n) is 5.52. The van der Waals surface area contributed by atoms with Gasteiger partial charge in [-0.25, -0.2) is 13.6 Å². The van der Waals surface area contributed by atoms with E-state index >= 15 is 0 Å². The molecule has 1 heterocycles. The zero-order valence-corrected chi connectivity index (χ0v) is 19.5. The quantitative estimate of drug-likeness (QED) is 0.326. The summed E-state index contributed by atoms with van der Waals surface area (Å²) in [5.41, 5.74) is 1.89. The Balaban J connectivity index is 1.40. The average Bonchev–Trinajstić information content (AvgIpc) is 3.41. The lowest BCUT2D eigenvalue weighted by Crippen LogP contribution is -2.41. The van der Waals surface area contributed by atoms with E-state index in [0.29, 0.717) is 32.3 Å². The smallest absolute Gasteiger partial charge is 0.331 e. The van der Waals surface area contributed by atoms with Crippen LogP contribution in [0.25, 0.3) is 0 Å². The molecule has 4 atom stereocenters. The van der Waals surface area contributed by atoms with Crippen molar-refractivity contribution in [3.63, 3.8) is 0 Å². The molecule has 2 fully saturated rings. The van der Waals surface area contributed by atoms with E-state index in [1.165, 1.54) is 31.4 Å². The summed E-state index contributed by atoms with van der Waals surface area (Å²) in [7, 11) is 1.34. The summed E-state index contributed by atoms with van der Waals surface area (Å²) < 4.78 is 49.0. The van der Waals surface area contributed by atoms with Crippen LogP contribution >= 0.6 is 0 Å². The highest BCUT2D eigenvalue weighted by atomic mass is 19.1. The molecule has 1 aliphatic carbocycles. The zero-order valence-electron chi connectivity index (χ0n) is 19.5. The standard InChI is InChI=1S/C27H32F2O5/c1-31-26(30)17-32-13-3-2-4-24-23(16-33-15-19-5-9-21(28)10-6-19)25-14-27(24,18-34-25)20-7-11-22(29)12-8-20/h5-12,23-25H,2-4,13-18H2,1H3. The molecule has 4 unspecified atom stereocenters. The molecule has 5 nitrogen and oxygen atoms in total. The molecular weight excluding hydrogens is 442 g/mol. The number of hydrogen-bond acceptors (Lipinski definition) is 5. The summed E-state index contributed by atoms with van der Waals surface area (Å²) in [5, 5.41) is 0. The molecule has 2 aliphatic rings. The van der Waals surface area contributed by atoms with Crippen LogP contribution < -0.4 is 0 Å². The summed E-state index contributed by atoms with van der Waals surface area (Å²) in [6.07, 6.45) is 3.73. The number of fused-ring (bicyclic) bond motifs is 2. The third-order valence-corrected chi connectivity index (χ3v) is 7.24. The van der Waals surface area contributed by atoms with Gasteiger partial charge in [-0.2, -0.15) is 0 Å². The first kappa shape index (κ1) is 24.8. The van der Waals surface area contributed by atoms with Crippen LogP contribution in [-0.4, -0.2) is 45.6 Å². The summed E-state index contributed by atoms with van der Waals surface area (Å²) in [4.78, 5) is 11.2. The molecule has 7 heteroatoms. The number of rotatable bonds is 12. The summed E-state index contributed by atoms with van der Waals surface area (Å²) in [6.45, 7) is 2.06. The van der Waals surface area contributed by atoms with Crippen LogP contribution in [0.15, 0.2) is 48.5 Å². The maximum Gasteiger partial charge on any atom is 0.331 e. The number of carbonyl (C=O) groups is 1. The van der Waals surface area contributed by atoms with Crippen molar-refractivity contribution in [1.82, 2.24) is 0 Å². The van der Waals surface area contributed by atoms with Crippen molar-refractivity contribution in [2.45, 2.75) is 43.8 Å². The molecule has 184 valence electrons. The Hall–Kier alpha value is -2.35. The molecule has 1 aliphatic heterocycles. The lowest BCUT2D eigenvalue weighted by atomic mass is 9.69. The molecule has 2 aromatic rings. The van der Waals surface area contributed by atoms with Gasteiger partial charge in [0.05, 0.1) is 33.0 Å². The van der Waals surface area contributed by atoms with E-state index in [0.717, 1.165) is 36.8 Å². The normalized spacial score (nSPS) is 25.6. The van der Waals surface area contributed by atoms with Crippen molar-refractivity contribution in [2.24, 2.45) is 11.8 Å². The summed E-state index contributed by atoms with van der Waals surface area (Å²) in [6, 6.07) is 13.2. The van der Waals surface area contributed by atoms with Gasteiger partial charge in [0.25, 0.3) is 0 Å². The molecular formula is C27H32F2O5. The lowest BCUT2D eigenvalue weighted by Gasteiger charge is -2.39. The third kappa shape index (κ3) is 5.65. The van der Waals surface area contributed by atoms with Crippen molar-refractivity contribution in [3.05, 3.63) is 71.3 Å². The Labute approximate surface area is 199 Å². The van der Waals surface area contributed by atoms with Gasteiger partial charge in [-0.1, -0.05) is 30.7 Å². The van der Waals surface area contributed by atoms with Gasteiger partial charge in [-0.15, -0.1) is 0 Å². The van der Waals surface area contributed by atoms with Crippen molar-refractivity contribution in [1.29, 1.82) is 0 Å². The topological polar surface area (TPSA) is 54.0 Å². The molecule has 0 N–H and O–H groups in total. The van der Waals surface area contributed by atoms with Crippen molar-refractivity contribution < 1.29 is 32.5 Å². The first-order valence-corrected chi connectivity index (χ1v) is 11.9. The van der Waals surface area contributed by atoms with Crippen molar-refractivity contribution in [3.8, 4) is 0 Å². The number of unbranched alkanes of at least 4 members (excludes halogenated alkanes) is 1. The molecule has 0 aromatic heterocycles. The lowest BCUT2D eigenvalue weighted by molar-refractivity contribution is -0.145. The average molecular weight is 475 g/mol. The minimum Gasteiger partial charge on any atom is -0.467 e. The highest BCUT2D eigenvalue weighted by molar-refractivity contribution is 5.70. The Morgan fingerprint density at radius 2 is 1.74 bits per heavy atom. The Bertz CT molecular complexity index is 933. The summed E-state index contributed by atoms with van der Waals surface area (Å²) in [5.74, 6) is -0.339. The second kappa shape index (κ2) is 11.4. The molecule has 2 aromatic carbocycles. The minimum atomic E-state index is -0.376. The highest BCUT2D eigenvalue weighted by Gasteiger charge is 2.59. The largest absolute Gasteiger partial charge is 0.467 e. The van der Waals surface area contributed by atoms with Gasteiger partial charge in [-0.05, 0) is 60.6 Å². The van der Waals surface area contributed by atoms with Crippen LogP contribution in [-0.2, 0) is 35.8 Å². The number of benzene rings is 2. The number of methoxy groups -OCH3 is 1. The number of halogens is 2. The molecule has 1 saturated heterocycles. The molecule has 2 bridgehead atoms. The van der Waals surface area contributed by atoms with Crippen molar-refractivity contribution >= 4 is 5.97 Å². The minimum absolute atomic E-state index is 0.0325. The number of carbonyl (C=O) groups excluding carboxylic acids is 1. The fraction of sp³-hybridized carbons (Fsp3) is 0.519. The molecule has 34 heavy (non-hydrogen) atoms. The van der Waals surface area contributed by atoms with E-state index in [1.54, 1.807) is 12.1 Å². The van der Waals surface area contributed by atoms with Gasteiger partial charge in [0.2, 0.25) is 0 Å². The van der Waals surface area contributed by atoms with Crippen LogP contribution in [0.4, 0.5) is 8.78 Å². The van der Waals surface area contributed by atoms with Crippen LogP contribution in [0.5, 0.6) is 0 Å². The summed E-state index contributed by atoms with van der Waals surface area (Å²) >= 11 is 0. The number of esters is 1. The molecule has 1 saturated carbocycles. The van der Waals surface area contributed by atoms with E-state index in [9.17, 15) is 13.6 Å². The van der Waals surface area contributed by atoms with E-state index in [-0.39, 0.29) is 41.6 Å². The Morgan fingerprint density at radius 3 is 2.44 bits per heavy atom. The van der Waals surface area contributed by atoms with Crippen LogP contribution in [0.3, 0.4) is 0 Å². The first-order chi connectivity index (χ1) is 16.5. The van der Waals surface area contributed by atoms with Crippen molar-refractivity contribution in [2.75, 3.05) is 33.5 Å². The number of ether oxygens (including phenoxy) is 4. The fourth-order valence-corrected chi connectivity index (χ4v) is 5.52. The zero-order chi connectivity index (χ0) is 24.0. The number of hydrogen-bond donors (Lipinski definition) is 0. The maximum atomic E-state index is 13.6. The van der Waals surface area contributed by atoms with Gasteiger partial charge in [0.15, 0.2) is 0 Å². The molecule has 0 amide bonds. The second-order valence-electron chi connectivity index (χ2n) is 9.25. The van der Waals surface area contributed by atoms with E-state index in [4.69, 9.17) is 14.2 Å². The monoisotopic (exact) mass is 474 g/mol. The van der Waals surface area contributed by atoms with Crippen LogP contribution in [0.2, 0.25) is 0 Å². The highest BCUT2D eigenvalue weighted by Crippen LogP contribution is 2.56. The maximum absolute atomic E-state index is 13.6. The van der Waals surface area contributed by atoms with Gasteiger partial charge in [0, 0.05) is 17.9 Å². The Morgan fingerprint density at radius 1 is 1.03 bits per heavy atom.